The van der Waals surface area contributed by atoms with Crippen LogP contribution < -0.4 is 11.3 Å². The Morgan fingerprint density at radius 1 is 1.40 bits per heavy atom. The molecular weight excluding hydrogens is 190 g/mol. The van der Waals surface area contributed by atoms with Crippen LogP contribution in [0.2, 0.25) is 0 Å². The number of rotatable bonds is 3. The third kappa shape index (κ3) is 2.13. The van der Waals surface area contributed by atoms with Crippen LogP contribution in [0.5, 0.6) is 0 Å². The van der Waals surface area contributed by atoms with Crippen LogP contribution in [0.25, 0.3) is 0 Å². The van der Waals surface area contributed by atoms with E-state index in [1.807, 2.05) is 29.8 Å². The van der Waals surface area contributed by atoms with Crippen molar-refractivity contribution in [2.45, 2.75) is 13.5 Å². The number of anilines is 1. The lowest BCUT2D eigenvalue weighted by atomic mass is 10.3. The summed E-state index contributed by atoms with van der Waals surface area (Å²) in [5.41, 5.74) is 4.72. The number of aromatic nitrogens is 3. The number of hydrogen-bond acceptors (Lipinski definition) is 4. The van der Waals surface area contributed by atoms with Gasteiger partial charge in [-0.3, -0.25) is 4.68 Å². The molecule has 2 aromatic heterocycles. The first-order valence-corrected chi connectivity index (χ1v) is 4.69. The van der Waals surface area contributed by atoms with E-state index in [2.05, 4.69) is 15.5 Å². The van der Waals surface area contributed by atoms with Gasteiger partial charge in [0.05, 0.1) is 6.54 Å². The van der Waals surface area contributed by atoms with E-state index in [1.54, 1.807) is 12.4 Å². The van der Waals surface area contributed by atoms with Crippen molar-refractivity contribution in [1.29, 1.82) is 0 Å². The fourth-order valence-corrected chi connectivity index (χ4v) is 1.34. The second-order valence-corrected chi connectivity index (χ2v) is 3.33. The summed E-state index contributed by atoms with van der Waals surface area (Å²) in [6, 6.07) is 5.79. The molecule has 0 saturated heterocycles. The molecule has 0 spiro atoms. The zero-order valence-electron chi connectivity index (χ0n) is 8.51. The predicted molar refractivity (Wildman–Crippen MR) is 58.1 cm³/mol. The SMILES string of the molecule is Cc1ccnn1Cc1ccc(NN)nc1. The Morgan fingerprint density at radius 2 is 2.27 bits per heavy atom. The number of nitrogens with zero attached hydrogens (tertiary/aromatic N) is 3. The van der Waals surface area contributed by atoms with Crippen molar-refractivity contribution >= 4 is 5.82 Å². The molecule has 0 fully saturated rings. The third-order valence-electron chi connectivity index (χ3n) is 2.23. The van der Waals surface area contributed by atoms with E-state index < -0.39 is 0 Å². The Bertz CT molecular complexity index is 431. The first-order valence-electron chi connectivity index (χ1n) is 4.69. The topological polar surface area (TPSA) is 68.8 Å². The number of aryl methyl sites for hydroxylation is 1. The first kappa shape index (κ1) is 9.67. The van der Waals surface area contributed by atoms with Gasteiger partial charge in [0.1, 0.15) is 5.82 Å². The van der Waals surface area contributed by atoms with E-state index in [4.69, 9.17) is 5.84 Å². The van der Waals surface area contributed by atoms with Crippen molar-refractivity contribution in [2.75, 3.05) is 5.43 Å². The van der Waals surface area contributed by atoms with Crippen LogP contribution in [0, 0.1) is 6.92 Å². The molecule has 15 heavy (non-hydrogen) atoms. The van der Waals surface area contributed by atoms with Gasteiger partial charge in [-0.05, 0) is 24.6 Å². The van der Waals surface area contributed by atoms with Crippen molar-refractivity contribution in [3.63, 3.8) is 0 Å². The smallest absolute Gasteiger partial charge is 0.139 e. The van der Waals surface area contributed by atoms with Gasteiger partial charge in [0.15, 0.2) is 0 Å². The summed E-state index contributed by atoms with van der Waals surface area (Å²) >= 11 is 0. The summed E-state index contributed by atoms with van der Waals surface area (Å²) in [6.45, 7) is 2.76. The van der Waals surface area contributed by atoms with Gasteiger partial charge < -0.3 is 5.43 Å². The summed E-state index contributed by atoms with van der Waals surface area (Å²) in [5, 5.41) is 4.20. The van der Waals surface area contributed by atoms with Gasteiger partial charge in [-0.15, -0.1) is 0 Å². The first-order chi connectivity index (χ1) is 7.29. The Hall–Kier alpha value is -1.88. The van der Waals surface area contributed by atoms with Gasteiger partial charge in [-0.1, -0.05) is 6.07 Å². The zero-order chi connectivity index (χ0) is 10.7. The largest absolute Gasteiger partial charge is 0.308 e. The fraction of sp³-hybridized carbons (Fsp3) is 0.200. The molecule has 0 unspecified atom stereocenters. The van der Waals surface area contributed by atoms with Crippen molar-refractivity contribution in [2.24, 2.45) is 5.84 Å². The van der Waals surface area contributed by atoms with Crippen LogP contribution in [-0.4, -0.2) is 14.8 Å². The number of hydrogen-bond donors (Lipinski definition) is 2. The molecule has 0 aromatic carbocycles. The molecule has 0 aliphatic carbocycles. The van der Waals surface area contributed by atoms with Crippen molar-refractivity contribution < 1.29 is 0 Å². The normalized spacial score (nSPS) is 10.3. The highest BCUT2D eigenvalue weighted by Crippen LogP contribution is 2.06. The minimum atomic E-state index is 0.663. The lowest BCUT2D eigenvalue weighted by molar-refractivity contribution is 0.663. The Morgan fingerprint density at radius 3 is 2.80 bits per heavy atom. The molecule has 5 nitrogen and oxygen atoms in total. The Labute approximate surface area is 87.9 Å². The van der Waals surface area contributed by atoms with Crippen LogP contribution in [0.4, 0.5) is 5.82 Å². The maximum Gasteiger partial charge on any atom is 0.139 e. The monoisotopic (exact) mass is 203 g/mol. The molecular formula is C10H13N5. The molecule has 2 heterocycles. The molecule has 0 amide bonds. The number of nitrogens with one attached hydrogen (secondary N) is 1. The molecule has 2 rings (SSSR count). The van der Waals surface area contributed by atoms with Crippen LogP contribution in [-0.2, 0) is 6.54 Å². The van der Waals surface area contributed by atoms with E-state index in [0.29, 0.717) is 5.82 Å². The van der Waals surface area contributed by atoms with Crippen LogP contribution in [0.1, 0.15) is 11.3 Å². The molecule has 0 bridgehead atoms. The average Bonchev–Trinajstić information content (AvgIpc) is 2.66. The highest BCUT2D eigenvalue weighted by atomic mass is 15.3. The number of nitrogen functional groups attached to an aromatic ring is 1. The quantitative estimate of drug-likeness (QED) is 0.575. The zero-order valence-corrected chi connectivity index (χ0v) is 8.51. The fourth-order valence-electron chi connectivity index (χ4n) is 1.34. The van der Waals surface area contributed by atoms with Crippen LogP contribution >= 0.6 is 0 Å². The van der Waals surface area contributed by atoms with E-state index in [1.165, 1.54) is 0 Å². The van der Waals surface area contributed by atoms with Crippen molar-refractivity contribution in [1.82, 2.24) is 14.8 Å². The standard InChI is InChI=1S/C10H13N5/c1-8-4-5-13-15(8)7-9-2-3-10(14-11)12-6-9/h2-6H,7,11H2,1H3,(H,12,14). The second kappa shape index (κ2) is 4.10. The lowest BCUT2D eigenvalue weighted by Crippen LogP contribution is -2.09. The highest BCUT2D eigenvalue weighted by Gasteiger charge is 1.99. The molecule has 0 aliphatic heterocycles. The molecule has 0 saturated carbocycles. The highest BCUT2D eigenvalue weighted by molar-refractivity contribution is 5.33. The van der Waals surface area contributed by atoms with Gasteiger partial charge in [-0.25, -0.2) is 10.8 Å². The average molecular weight is 203 g/mol. The van der Waals surface area contributed by atoms with Gasteiger partial charge in [-0.2, -0.15) is 5.10 Å². The van der Waals surface area contributed by atoms with E-state index in [0.717, 1.165) is 17.8 Å². The maximum atomic E-state index is 5.23. The number of hydrazine groups is 1. The van der Waals surface area contributed by atoms with E-state index in [-0.39, 0.29) is 0 Å². The molecule has 3 N–H and O–H groups in total. The van der Waals surface area contributed by atoms with Crippen molar-refractivity contribution in [3.05, 3.63) is 41.9 Å². The van der Waals surface area contributed by atoms with E-state index in [9.17, 15) is 0 Å². The molecule has 0 aliphatic rings. The molecule has 2 aromatic rings. The van der Waals surface area contributed by atoms with Gasteiger partial charge in [0.25, 0.3) is 0 Å². The summed E-state index contributed by atoms with van der Waals surface area (Å²) < 4.78 is 1.92. The number of pyridine rings is 1. The van der Waals surface area contributed by atoms with E-state index >= 15 is 0 Å². The third-order valence-corrected chi connectivity index (χ3v) is 2.23. The summed E-state index contributed by atoms with van der Waals surface area (Å²) in [7, 11) is 0. The molecule has 0 radical (unpaired) electrons. The maximum absolute atomic E-state index is 5.23. The second-order valence-electron chi connectivity index (χ2n) is 3.33. The summed E-state index contributed by atoms with van der Waals surface area (Å²) in [4.78, 5) is 4.13. The molecule has 5 heteroatoms. The van der Waals surface area contributed by atoms with Gasteiger partial charge in [0.2, 0.25) is 0 Å². The van der Waals surface area contributed by atoms with Crippen LogP contribution in [0.3, 0.4) is 0 Å². The predicted octanol–water partition coefficient (Wildman–Crippen LogP) is 0.920. The van der Waals surface area contributed by atoms with Crippen LogP contribution in [0.15, 0.2) is 30.6 Å². The molecule has 78 valence electrons. The summed E-state index contributed by atoms with van der Waals surface area (Å²) in [5.74, 6) is 5.89. The molecule has 0 atom stereocenters. The minimum absolute atomic E-state index is 0.663. The number of nitrogens with two attached hydrogens (primary N) is 1. The minimum Gasteiger partial charge on any atom is -0.308 e. The lowest BCUT2D eigenvalue weighted by Gasteiger charge is -2.05. The van der Waals surface area contributed by atoms with Gasteiger partial charge in [0, 0.05) is 18.1 Å². The Kier molecular flexibility index (Phi) is 2.64. The van der Waals surface area contributed by atoms with Gasteiger partial charge >= 0.3 is 0 Å². The Balaban J connectivity index is 2.14. The summed E-state index contributed by atoms with van der Waals surface area (Å²) in [6.07, 6.45) is 3.58. The van der Waals surface area contributed by atoms with Crippen molar-refractivity contribution in [3.8, 4) is 0 Å².